The van der Waals surface area contributed by atoms with Crippen LogP contribution in [-0.4, -0.2) is 19.2 Å². The smallest absolute Gasteiger partial charge is 0.296 e. The molecule has 0 atom stereocenters. The van der Waals surface area contributed by atoms with Crippen molar-refractivity contribution in [3.63, 3.8) is 0 Å². The van der Waals surface area contributed by atoms with Crippen LogP contribution in [0.4, 0.5) is 6.01 Å². The normalized spacial score (nSPS) is 11.0. The lowest BCUT2D eigenvalue weighted by Crippen LogP contribution is -2.03. The monoisotopic (exact) mass is 368 g/mol. The average Bonchev–Trinajstić information content (AvgIpc) is 3.10. The van der Waals surface area contributed by atoms with Crippen molar-refractivity contribution in [2.75, 3.05) is 19.5 Å². The zero-order valence-corrected chi connectivity index (χ0v) is 15.1. The Morgan fingerprint density at radius 2 is 1.85 bits per heavy atom. The van der Waals surface area contributed by atoms with E-state index in [2.05, 4.69) is 10.3 Å². The van der Waals surface area contributed by atoms with Crippen LogP contribution < -0.4 is 14.8 Å². The van der Waals surface area contributed by atoms with Gasteiger partial charge in [0.2, 0.25) is 0 Å². The van der Waals surface area contributed by atoms with Crippen LogP contribution in [0.5, 0.6) is 11.5 Å². The van der Waals surface area contributed by atoms with E-state index in [9.17, 15) is 0 Å². The second-order valence-electron chi connectivity index (χ2n) is 5.78. The van der Waals surface area contributed by atoms with Crippen LogP contribution in [0.2, 0.25) is 5.02 Å². The van der Waals surface area contributed by atoms with Crippen LogP contribution >= 0.6 is 11.6 Å². The summed E-state index contributed by atoms with van der Waals surface area (Å²) in [6.07, 6.45) is 0. The van der Waals surface area contributed by atoms with E-state index in [-0.39, 0.29) is 0 Å². The second kappa shape index (κ2) is 6.77. The molecule has 0 amide bonds. The minimum absolute atomic E-state index is 0.405. The molecule has 0 saturated carbocycles. The third kappa shape index (κ3) is 2.80. The number of benzene rings is 3. The van der Waals surface area contributed by atoms with Gasteiger partial charge in [0.25, 0.3) is 6.01 Å². The van der Waals surface area contributed by atoms with Crippen LogP contribution in [0.3, 0.4) is 0 Å². The highest BCUT2D eigenvalue weighted by Crippen LogP contribution is 2.37. The lowest BCUT2D eigenvalue weighted by atomic mass is 10.0. The highest BCUT2D eigenvalue weighted by atomic mass is 35.5. The Hall–Kier alpha value is -2.92. The maximum absolute atomic E-state index is 6.15. The molecule has 1 aromatic heterocycles. The first-order chi connectivity index (χ1) is 12.7. The molecule has 1 heterocycles. The van der Waals surface area contributed by atoms with Crippen molar-refractivity contribution >= 4 is 39.5 Å². The Labute approximate surface area is 155 Å². The number of fused-ring (bicyclic) bond motifs is 2. The van der Waals surface area contributed by atoms with Gasteiger partial charge >= 0.3 is 0 Å². The molecule has 3 aromatic carbocycles. The van der Waals surface area contributed by atoms with E-state index in [0.29, 0.717) is 28.7 Å². The maximum Gasteiger partial charge on any atom is 0.296 e. The molecule has 26 heavy (non-hydrogen) atoms. The number of para-hydroxylation sites is 1. The van der Waals surface area contributed by atoms with Gasteiger partial charge in [-0.2, -0.15) is 4.98 Å². The zero-order valence-electron chi connectivity index (χ0n) is 14.4. The maximum atomic E-state index is 6.15. The summed E-state index contributed by atoms with van der Waals surface area (Å²) in [5, 5.41) is 5.75. The van der Waals surface area contributed by atoms with Crippen molar-refractivity contribution in [3.8, 4) is 11.5 Å². The van der Waals surface area contributed by atoms with Gasteiger partial charge in [-0.25, -0.2) is 0 Å². The number of methoxy groups -OCH3 is 2. The summed E-state index contributed by atoms with van der Waals surface area (Å²) in [7, 11) is 3.32. The first-order valence-electron chi connectivity index (χ1n) is 8.13. The highest BCUT2D eigenvalue weighted by molar-refractivity contribution is 6.34. The van der Waals surface area contributed by atoms with Crippen molar-refractivity contribution in [1.82, 2.24) is 4.98 Å². The van der Waals surface area contributed by atoms with Gasteiger partial charge in [0.05, 0.1) is 19.2 Å². The molecule has 0 unspecified atom stereocenters. The van der Waals surface area contributed by atoms with Gasteiger partial charge in [0.1, 0.15) is 17.0 Å². The van der Waals surface area contributed by atoms with Gasteiger partial charge in [-0.1, -0.05) is 41.9 Å². The number of rotatable bonds is 5. The molecule has 0 fully saturated rings. The molecule has 0 saturated heterocycles. The predicted octanol–water partition coefficient (Wildman–Crippen LogP) is 5.26. The Morgan fingerprint density at radius 3 is 2.58 bits per heavy atom. The number of hydrogen-bond donors (Lipinski definition) is 1. The third-order valence-corrected chi connectivity index (χ3v) is 4.56. The summed E-state index contributed by atoms with van der Waals surface area (Å²) >= 11 is 6.15. The lowest BCUT2D eigenvalue weighted by molar-refractivity contribution is 0.406. The van der Waals surface area contributed by atoms with Crippen molar-refractivity contribution in [3.05, 3.63) is 59.1 Å². The molecular weight excluding hydrogens is 352 g/mol. The van der Waals surface area contributed by atoms with Gasteiger partial charge in [0.15, 0.2) is 5.58 Å². The standard InChI is InChI=1S/C20H17ClN2O3/c1-24-17-10-12(19(25-2)14-7-4-3-6-13(14)17)11-22-20-23-18-15(21)8-5-9-16(18)26-20/h3-10H,11H2,1-2H3,(H,22,23). The van der Waals surface area contributed by atoms with E-state index in [1.165, 1.54) is 0 Å². The van der Waals surface area contributed by atoms with E-state index in [0.717, 1.165) is 27.8 Å². The number of anilines is 1. The molecular formula is C20H17ClN2O3. The second-order valence-corrected chi connectivity index (χ2v) is 6.18. The Morgan fingerprint density at radius 1 is 1.04 bits per heavy atom. The van der Waals surface area contributed by atoms with Crippen LogP contribution in [0.1, 0.15) is 5.56 Å². The summed E-state index contributed by atoms with van der Waals surface area (Å²) < 4.78 is 16.9. The van der Waals surface area contributed by atoms with Gasteiger partial charge in [-0.05, 0) is 18.2 Å². The number of halogens is 1. The Bertz CT molecular complexity index is 1090. The molecule has 6 heteroatoms. The fourth-order valence-corrected chi connectivity index (χ4v) is 3.28. The summed E-state index contributed by atoms with van der Waals surface area (Å²) in [6.45, 7) is 0.467. The fraction of sp³-hybridized carbons (Fsp3) is 0.150. The summed E-state index contributed by atoms with van der Waals surface area (Å²) in [5.74, 6) is 1.59. The van der Waals surface area contributed by atoms with Crippen LogP contribution in [0.25, 0.3) is 21.9 Å². The SMILES string of the molecule is COc1cc(CNc2nc3c(Cl)cccc3o2)c(OC)c2ccccc12. The first-order valence-corrected chi connectivity index (χ1v) is 8.50. The summed E-state index contributed by atoms with van der Waals surface area (Å²) in [6, 6.07) is 15.8. The molecule has 0 radical (unpaired) electrons. The van der Waals surface area contributed by atoms with Gasteiger partial charge in [0, 0.05) is 22.9 Å². The van der Waals surface area contributed by atoms with Crippen LogP contribution in [0, 0.1) is 0 Å². The largest absolute Gasteiger partial charge is 0.496 e. The minimum atomic E-state index is 0.405. The zero-order chi connectivity index (χ0) is 18.1. The van der Waals surface area contributed by atoms with Crippen molar-refractivity contribution in [2.45, 2.75) is 6.54 Å². The first kappa shape index (κ1) is 16.5. The Kier molecular flexibility index (Phi) is 4.31. The number of oxazole rings is 1. The van der Waals surface area contributed by atoms with Gasteiger partial charge in [-0.3, -0.25) is 0 Å². The molecule has 0 aliphatic carbocycles. The summed E-state index contributed by atoms with van der Waals surface area (Å²) in [4.78, 5) is 4.41. The molecule has 4 rings (SSSR count). The van der Waals surface area contributed by atoms with E-state index in [1.807, 2.05) is 42.5 Å². The third-order valence-electron chi connectivity index (χ3n) is 4.26. The Balaban J connectivity index is 1.71. The van der Waals surface area contributed by atoms with E-state index in [1.54, 1.807) is 20.3 Å². The molecule has 132 valence electrons. The molecule has 0 bridgehead atoms. The minimum Gasteiger partial charge on any atom is -0.496 e. The van der Waals surface area contributed by atoms with E-state index in [4.69, 9.17) is 25.5 Å². The predicted molar refractivity (Wildman–Crippen MR) is 103 cm³/mol. The van der Waals surface area contributed by atoms with Gasteiger partial charge < -0.3 is 19.2 Å². The van der Waals surface area contributed by atoms with Crippen molar-refractivity contribution in [1.29, 1.82) is 0 Å². The molecule has 0 spiro atoms. The average molecular weight is 369 g/mol. The summed E-state index contributed by atoms with van der Waals surface area (Å²) in [5.41, 5.74) is 2.22. The van der Waals surface area contributed by atoms with Crippen molar-refractivity contribution < 1.29 is 13.9 Å². The molecule has 0 aliphatic heterocycles. The lowest BCUT2D eigenvalue weighted by Gasteiger charge is -2.15. The number of nitrogens with one attached hydrogen (secondary N) is 1. The topological polar surface area (TPSA) is 56.5 Å². The number of aromatic nitrogens is 1. The molecule has 5 nitrogen and oxygen atoms in total. The highest BCUT2D eigenvalue weighted by Gasteiger charge is 2.14. The molecule has 0 aliphatic rings. The van der Waals surface area contributed by atoms with E-state index < -0.39 is 0 Å². The van der Waals surface area contributed by atoms with Gasteiger partial charge in [-0.15, -0.1) is 0 Å². The number of hydrogen-bond acceptors (Lipinski definition) is 5. The number of nitrogens with zero attached hydrogens (tertiary/aromatic N) is 1. The van der Waals surface area contributed by atoms with Crippen LogP contribution in [-0.2, 0) is 6.54 Å². The quantitative estimate of drug-likeness (QED) is 0.520. The van der Waals surface area contributed by atoms with E-state index >= 15 is 0 Å². The van der Waals surface area contributed by atoms with Crippen molar-refractivity contribution in [2.24, 2.45) is 0 Å². The fourth-order valence-electron chi connectivity index (χ4n) is 3.07. The molecule has 1 N–H and O–H groups in total. The van der Waals surface area contributed by atoms with Crippen LogP contribution in [0.15, 0.2) is 52.9 Å². The number of ether oxygens (including phenoxy) is 2. The molecule has 4 aromatic rings.